The van der Waals surface area contributed by atoms with Crippen LogP contribution in [0.1, 0.15) is 30.9 Å². The first kappa shape index (κ1) is 11.3. The zero-order valence-electron chi connectivity index (χ0n) is 9.09. The molecule has 0 N–H and O–H groups in total. The fourth-order valence-electron chi connectivity index (χ4n) is 1.45. The van der Waals surface area contributed by atoms with E-state index < -0.39 is 0 Å². The van der Waals surface area contributed by atoms with E-state index in [2.05, 4.69) is 36.0 Å². The van der Waals surface area contributed by atoms with Crippen LogP contribution in [0, 0.1) is 0 Å². The van der Waals surface area contributed by atoms with Crippen molar-refractivity contribution in [3.8, 4) is 0 Å². The molecule has 1 aromatic rings. The second kappa shape index (κ2) is 5.89. The Balaban J connectivity index is 2.84. The molecule has 0 aliphatic rings. The van der Waals surface area contributed by atoms with Crippen LogP contribution in [0.4, 0.5) is 0 Å². The van der Waals surface area contributed by atoms with Gasteiger partial charge in [0.25, 0.3) is 0 Å². The molecule has 0 aromatic heterocycles. The van der Waals surface area contributed by atoms with Crippen LogP contribution >= 0.6 is 0 Å². The van der Waals surface area contributed by atoms with Gasteiger partial charge in [0.05, 0.1) is 0 Å². The van der Waals surface area contributed by atoms with Gasteiger partial charge in [-0.2, -0.15) is 0 Å². The molecule has 0 saturated carbocycles. The summed E-state index contributed by atoms with van der Waals surface area (Å²) in [5, 5.41) is 3.46. The summed E-state index contributed by atoms with van der Waals surface area (Å²) in [5.74, 6) is 0.505. The molecule has 15 heavy (non-hydrogen) atoms. The molecule has 0 radical (unpaired) electrons. The summed E-state index contributed by atoms with van der Waals surface area (Å²) in [6.45, 7) is 4.74. The van der Waals surface area contributed by atoms with Crippen LogP contribution in [-0.4, -0.2) is 6.54 Å². The molecule has 0 fully saturated rings. The Morgan fingerprint density at radius 1 is 1.40 bits per heavy atom. The van der Waals surface area contributed by atoms with Gasteiger partial charge in [0.2, 0.25) is 0 Å². The van der Waals surface area contributed by atoms with Gasteiger partial charge in [-0.1, -0.05) is 55.4 Å². The highest BCUT2D eigenvalue weighted by molar-refractivity contribution is 5.54. The fourth-order valence-corrected chi connectivity index (χ4v) is 1.45. The van der Waals surface area contributed by atoms with Gasteiger partial charge in [-0.15, -0.1) is 0 Å². The second-order valence-corrected chi connectivity index (χ2v) is 3.60. The number of azide groups is 1. The SMILES string of the molecule is CC(C)c1ccccc1C=CCN=[N+]=[N-]. The molecule has 0 atom stereocenters. The van der Waals surface area contributed by atoms with E-state index in [9.17, 15) is 0 Å². The van der Waals surface area contributed by atoms with Crippen molar-refractivity contribution in [2.24, 2.45) is 5.11 Å². The molecular weight excluding hydrogens is 186 g/mol. The van der Waals surface area contributed by atoms with Crippen LogP contribution in [0.15, 0.2) is 35.5 Å². The van der Waals surface area contributed by atoms with E-state index >= 15 is 0 Å². The molecule has 0 aliphatic heterocycles. The first-order chi connectivity index (χ1) is 7.25. The molecule has 0 saturated heterocycles. The first-order valence-electron chi connectivity index (χ1n) is 5.02. The van der Waals surface area contributed by atoms with Gasteiger partial charge in [0.1, 0.15) is 0 Å². The Hall–Kier alpha value is -1.73. The van der Waals surface area contributed by atoms with E-state index in [0.717, 1.165) is 0 Å². The minimum atomic E-state index is 0.406. The van der Waals surface area contributed by atoms with Crippen LogP contribution in [0.5, 0.6) is 0 Å². The average Bonchev–Trinajstić information content (AvgIpc) is 2.25. The predicted octanol–water partition coefficient (Wildman–Crippen LogP) is 4.13. The molecule has 0 heterocycles. The van der Waals surface area contributed by atoms with Crippen molar-refractivity contribution in [3.63, 3.8) is 0 Å². The number of hydrogen-bond donors (Lipinski definition) is 0. The quantitative estimate of drug-likeness (QED) is 0.399. The number of benzene rings is 1. The number of rotatable bonds is 4. The minimum absolute atomic E-state index is 0.406. The molecule has 0 amide bonds. The van der Waals surface area contributed by atoms with E-state index in [-0.39, 0.29) is 0 Å². The Morgan fingerprint density at radius 2 is 2.13 bits per heavy atom. The maximum absolute atomic E-state index is 8.13. The molecule has 0 bridgehead atoms. The Bertz CT molecular complexity index is 388. The summed E-state index contributed by atoms with van der Waals surface area (Å²) < 4.78 is 0. The lowest BCUT2D eigenvalue weighted by Gasteiger charge is -2.08. The van der Waals surface area contributed by atoms with Crippen molar-refractivity contribution in [3.05, 3.63) is 51.9 Å². The summed E-state index contributed by atoms with van der Waals surface area (Å²) in [7, 11) is 0. The third-order valence-corrected chi connectivity index (χ3v) is 2.17. The topological polar surface area (TPSA) is 48.8 Å². The predicted molar refractivity (Wildman–Crippen MR) is 63.6 cm³/mol. The first-order valence-corrected chi connectivity index (χ1v) is 5.02. The summed E-state index contributed by atoms with van der Waals surface area (Å²) in [5.41, 5.74) is 10.6. The van der Waals surface area contributed by atoms with E-state index in [4.69, 9.17) is 5.53 Å². The number of hydrogen-bond acceptors (Lipinski definition) is 1. The molecule has 78 valence electrons. The Labute approximate surface area is 90.1 Å². The van der Waals surface area contributed by atoms with Crippen molar-refractivity contribution in [2.75, 3.05) is 6.54 Å². The van der Waals surface area contributed by atoms with Crippen molar-refractivity contribution in [1.29, 1.82) is 0 Å². The monoisotopic (exact) mass is 201 g/mol. The second-order valence-electron chi connectivity index (χ2n) is 3.60. The van der Waals surface area contributed by atoms with Gasteiger partial charge in [-0.05, 0) is 22.6 Å². The minimum Gasteiger partial charge on any atom is -0.0899 e. The normalized spacial score (nSPS) is 10.6. The molecule has 0 aliphatic carbocycles. The van der Waals surface area contributed by atoms with E-state index in [0.29, 0.717) is 12.5 Å². The highest BCUT2D eigenvalue weighted by Gasteiger charge is 2.01. The summed E-state index contributed by atoms with van der Waals surface area (Å²) >= 11 is 0. The van der Waals surface area contributed by atoms with Gasteiger partial charge in [-0.3, -0.25) is 0 Å². The van der Waals surface area contributed by atoms with Crippen molar-refractivity contribution in [2.45, 2.75) is 19.8 Å². The van der Waals surface area contributed by atoms with E-state index in [1.165, 1.54) is 11.1 Å². The smallest absolute Gasteiger partial charge is 0.0443 e. The Kier molecular flexibility index (Phi) is 4.45. The van der Waals surface area contributed by atoms with Crippen molar-refractivity contribution >= 4 is 6.08 Å². The molecule has 0 unspecified atom stereocenters. The van der Waals surface area contributed by atoms with Crippen LogP contribution in [-0.2, 0) is 0 Å². The van der Waals surface area contributed by atoms with Crippen molar-refractivity contribution in [1.82, 2.24) is 0 Å². The molecule has 1 aromatic carbocycles. The highest BCUT2D eigenvalue weighted by Crippen LogP contribution is 2.20. The molecule has 1 rings (SSSR count). The maximum atomic E-state index is 8.13. The van der Waals surface area contributed by atoms with Crippen LogP contribution in [0.3, 0.4) is 0 Å². The lowest BCUT2D eigenvalue weighted by Crippen LogP contribution is -1.90. The lowest BCUT2D eigenvalue weighted by atomic mass is 9.97. The zero-order chi connectivity index (χ0) is 11.1. The average molecular weight is 201 g/mol. The standard InChI is InChI=1S/C12H15N3/c1-10(2)12-8-4-3-6-11(12)7-5-9-14-15-13/h3-8,10H,9H2,1-2H3. The third-order valence-electron chi connectivity index (χ3n) is 2.17. The van der Waals surface area contributed by atoms with E-state index in [1.54, 1.807) is 0 Å². The fraction of sp³-hybridized carbons (Fsp3) is 0.333. The van der Waals surface area contributed by atoms with Crippen molar-refractivity contribution < 1.29 is 0 Å². The lowest BCUT2D eigenvalue weighted by molar-refractivity contribution is 0.864. The van der Waals surface area contributed by atoms with Crippen LogP contribution < -0.4 is 0 Å². The van der Waals surface area contributed by atoms with Gasteiger partial charge in [0, 0.05) is 11.5 Å². The van der Waals surface area contributed by atoms with Crippen LogP contribution in [0.25, 0.3) is 16.5 Å². The Morgan fingerprint density at radius 3 is 2.80 bits per heavy atom. The molecule has 3 nitrogen and oxygen atoms in total. The highest BCUT2D eigenvalue weighted by atomic mass is 15.1. The van der Waals surface area contributed by atoms with Gasteiger partial charge in [-0.25, -0.2) is 0 Å². The third kappa shape index (κ3) is 3.49. The maximum Gasteiger partial charge on any atom is 0.0443 e. The van der Waals surface area contributed by atoms with E-state index in [1.807, 2.05) is 24.3 Å². The largest absolute Gasteiger partial charge is 0.0899 e. The summed E-state index contributed by atoms with van der Waals surface area (Å²) in [6, 6.07) is 8.25. The molecular formula is C12H15N3. The molecule has 3 heteroatoms. The van der Waals surface area contributed by atoms with Crippen LogP contribution in [0.2, 0.25) is 0 Å². The van der Waals surface area contributed by atoms with Gasteiger partial charge < -0.3 is 0 Å². The number of nitrogens with zero attached hydrogens (tertiary/aromatic N) is 3. The van der Waals surface area contributed by atoms with Gasteiger partial charge >= 0.3 is 0 Å². The zero-order valence-corrected chi connectivity index (χ0v) is 9.09. The summed E-state index contributed by atoms with van der Waals surface area (Å²) in [4.78, 5) is 2.70. The molecule has 0 spiro atoms. The summed E-state index contributed by atoms with van der Waals surface area (Å²) in [6.07, 6.45) is 3.88. The van der Waals surface area contributed by atoms with Gasteiger partial charge in [0.15, 0.2) is 0 Å².